The first kappa shape index (κ1) is 24.3. The molecule has 1 rings (SSSR count). The Morgan fingerprint density at radius 3 is 1.93 bits per heavy atom. The third kappa shape index (κ3) is 10.6. The van der Waals surface area contributed by atoms with Crippen molar-refractivity contribution >= 4 is 5.71 Å². The van der Waals surface area contributed by atoms with E-state index in [4.69, 9.17) is 4.74 Å². The van der Waals surface area contributed by atoms with Gasteiger partial charge >= 0.3 is 0 Å². The lowest BCUT2D eigenvalue weighted by molar-refractivity contribution is 0.307. The van der Waals surface area contributed by atoms with Crippen molar-refractivity contribution in [1.82, 2.24) is 0 Å². The second kappa shape index (κ2) is 16.3. The van der Waals surface area contributed by atoms with E-state index < -0.39 is 0 Å². The lowest BCUT2D eigenvalue weighted by Crippen LogP contribution is -2.03. The van der Waals surface area contributed by atoms with Gasteiger partial charge in [0.05, 0.1) is 12.3 Å². The summed E-state index contributed by atoms with van der Waals surface area (Å²) in [4.78, 5) is 0. The van der Waals surface area contributed by atoms with Crippen molar-refractivity contribution in [2.24, 2.45) is 5.16 Å². The molecule has 4 heteroatoms. The van der Waals surface area contributed by atoms with Gasteiger partial charge in [-0.15, -0.1) is 0 Å². The second-order valence-corrected chi connectivity index (χ2v) is 7.71. The van der Waals surface area contributed by atoms with Gasteiger partial charge in [-0.25, -0.2) is 0 Å². The van der Waals surface area contributed by atoms with Crippen LogP contribution in [0.2, 0.25) is 0 Å². The zero-order valence-electron chi connectivity index (χ0n) is 18.1. The number of unbranched alkanes of at least 4 members (excludes halogenated alkanes) is 11. The lowest BCUT2D eigenvalue weighted by Gasteiger charge is -2.10. The minimum atomic E-state index is 0.116. The Bertz CT molecular complexity index is 543. The predicted octanol–water partition coefficient (Wildman–Crippen LogP) is 7.45. The monoisotopic (exact) mass is 391 g/mol. The number of phenolic OH excluding ortho intramolecular Hbond substituents is 1. The summed E-state index contributed by atoms with van der Waals surface area (Å²) in [6.07, 6.45) is 16.9. The highest BCUT2D eigenvalue weighted by atomic mass is 16.5. The van der Waals surface area contributed by atoms with Gasteiger partial charge in [0.15, 0.2) is 0 Å². The molecule has 4 nitrogen and oxygen atoms in total. The molecule has 0 saturated heterocycles. The van der Waals surface area contributed by atoms with Crippen LogP contribution in [0, 0.1) is 0 Å². The van der Waals surface area contributed by atoms with Gasteiger partial charge in [0, 0.05) is 11.6 Å². The molecule has 1 aromatic carbocycles. The summed E-state index contributed by atoms with van der Waals surface area (Å²) >= 11 is 0. The summed E-state index contributed by atoms with van der Waals surface area (Å²) in [6, 6.07) is 5.22. The number of aromatic hydroxyl groups is 1. The molecule has 0 aromatic heterocycles. The Kier molecular flexibility index (Phi) is 14.1. The van der Waals surface area contributed by atoms with Crippen LogP contribution < -0.4 is 4.74 Å². The van der Waals surface area contributed by atoms with Crippen LogP contribution in [-0.4, -0.2) is 22.6 Å². The summed E-state index contributed by atoms with van der Waals surface area (Å²) in [7, 11) is 0. The van der Waals surface area contributed by atoms with Crippen molar-refractivity contribution in [3.63, 3.8) is 0 Å². The smallest absolute Gasteiger partial charge is 0.128 e. The fourth-order valence-electron chi connectivity index (χ4n) is 3.37. The zero-order valence-corrected chi connectivity index (χ0v) is 18.1. The van der Waals surface area contributed by atoms with E-state index in [1.54, 1.807) is 12.1 Å². The largest absolute Gasteiger partial charge is 0.507 e. The van der Waals surface area contributed by atoms with Crippen LogP contribution in [0.25, 0.3) is 0 Å². The highest BCUT2D eigenvalue weighted by Crippen LogP contribution is 2.26. The summed E-state index contributed by atoms with van der Waals surface area (Å²) in [5, 5.41) is 23.0. The van der Waals surface area contributed by atoms with Gasteiger partial charge in [0.2, 0.25) is 0 Å². The van der Waals surface area contributed by atoms with Gasteiger partial charge in [-0.05, 0) is 31.4 Å². The molecule has 0 saturated carbocycles. The van der Waals surface area contributed by atoms with E-state index >= 15 is 0 Å². The molecule has 0 fully saturated rings. The number of nitrogens with zero attached hydrogens (tertiary/aromatic N) is 1. The van der Waals surface area contributed by atoms with Crippen molar-refractivity contribution in [2.45, 2.75) is 104 Å². The van der Waals surface area contributed by atoms with Gasteiger partial charge in [-0.3, -0.25) is 0 Å². The molecular formula is C24H41NO3. The molecule has 1 aromatic rings. The quantitative estimate of drug-likeness (QED) is 0.125. The van der Waals surface area contributed by atoms with Crippen molar-refractivity contribution in [3.05, 3.63) is 23.8 Å². The molecule has 0 atom stereocenters. The van der Waals surface area contributed by atoms with Gasteiger partial charge in [-0.1, -0.05) is 89.6 Å². The molecule has 0 amide bonds. The molecule has 0 aliphatic rings. The van der Waals surface area contributed by atoms with Crippen molar-refractivity contribution in [1.29, 1.82) is 0 Å². The zero-order chi connectivity index (χ0) is 20.5. The van der Waals surface area contributed by atoms with Gasteiger partial charge in [-0.2, -0.15) is 0 Å². The summed E-state index contributed by atoms with van der Waals surface area (Å²) in [5.74, 6) is 0.770. The predicted molar refractivity (Wildman–Crippen MR) is 118 cm³/mol. The number of hydrogen-bond donors (Lipinski definition) is 2. The molecule has 0 aliphatic carbocycles. The standard InChI is InChI=1S/C24H41NO3/c1-3-5-7-8-9-10-11-12-13-14-15-16-23(25-27)22-18-17-21(20-24(22)26)28-19-6-4-2/h17-18,20,26-27H,3-16,19H2,1-2H3. The number of benzene rings is 1. The summed E-state index contributed by atoms with van der Waals surface area (Å²) < 4.78 is 5.61. The maximum atomic E-state index is 10.3. The first-order chi connectivity index (χ1) is 13.7. The van der Waals surface area contributed by atoms with Crippen LogP contribution in [0.3, 0.4) is 0 Å². The summed E-state index contributed by atoms with van der Waals surface area (Å²) in [5.41, 5.74) is 1.14. The number of phenols is 1. The van der Waals surface area contributed by atoms with Crippen LogP contribution in [0.15, 0.2) is 23.4 Å². The molecule has 0 heterocycles. The number of rotatable bonds is 17. The Balaban J connectivity index is 2.22. The summed E-state index contributed by atoms with van der Waals surface area (Å²) in [6.45, 7) is 5.02. The maximum Gasteiger partial charge on any atom is 0.128 e. The number of oxime groups is 1. The fourth-order valence-corrected chi connectivity index (χ4v) is 3.37. The molecule has 160 valence electrons. The second-order valence-electron chi connectivity index (χ2n) is 7.71. The molecule has 0 radical (unpaired) electrons. The molecular weight excluding hydrogens is 350 g/mol. The van der Waals surface area contributed by atoms with E-state index in [-0.39, 0.29) is 5.75 Å². The van der Waals surface area contributed by atoms with Crippen molar-refractivity contribution in [3.8, 4) is 11.5 Å². The molecule has 0 spiro atoms. The number of hydrogen-bond acceptors (Lipinski definition) is 4. The van der Waals surface area contributed by atoms with E-state index in [1.165, 1.54) is 57.8 Å². The first-order valence-corrected chi connectivity index (χ1v) is 11.4. The first-order valence-electron chi connectivity index (χ1n) is 11.4. The topological polar surface area (TPSA) is 62.1 Å². The Morgan fingerprint density at radius 2 is 1.39 bits per heavy atom. The van der Waals surface area contributed by atoms with Crippen LogP contribution >= 0.6 is 0 Å². The van der Waals surface area contributed by atoms with Gasteiger partial charge in [0.1, 0.15) is 11.5 Å². The third-order valence-electron chi connectivity index (χ3n) is 5.18. The van der Waals surface area contributed by atoms with E-state index in [1.807, 2.05) is 6.07 Å². The Labute approximate surface area is 172 Å². The minimum absolute atomic E-state index is 0.116. The highest BCUT2D eigenvalue weighted by Gasteiger charge is 2.11. The Morgan fingerprint density at radius 1 is 0.821 bits per heavy atom. The normalized spacial score (nSPS) is 11.7. The highest BCUT2D eigenvalue weighted by molar-refractivity contribution is 6.02. The maximum absolute atomic E-state index is 10.3. The van der Waals surface area contributed by atoms with E-state index in [0.717, 1.165) is 25.7 Å². The average molecular weight is 392 g/mol. The Hall–Kier alpha value is -1.71. The SMILES string of the molecule is CCCCCCCCCCCCCC(=NO)c1ccc(OCCCC)cc1O. The minimum Gasteiger partial charge on any atom is -0.507 e. The van der Waals surface area contributed by atoms with Crippen LogP contribution in [0.1, 0.15) is 109 Å². The van der Waals surface area contributed by atoms with Crippen molar-refractivity contribution in [2.75, 3.05) is 6.61 Å². The third-order valence-corrected chi connectivity index (χ3v) is 5.18. The fraction of sp³-hybridized carbons (Fsp3) is 0.708. The molecule has 0 bridgehead atoms. The van der Waals surface area contributed by atoms with E-state index in [0.29, 0.717) is 30.1 Å². The van der Waals surface area contributed by atoms with E-state index in [9.17, 15) is 10.3 Å². The van der Waals surface area contributed by atoms with Crippen molar-refractivity contribution < 1.29 is 15.1 Å². The van der Waals surface area contributed by atoms with Crippen LogP contribution in [0.5, 0.6) is 11.5 Å². The van der Waals surface area contributed by atoms with Crippen LogP contribution in [-0.2, 0) is 0 Å². The van der Waals surface area contributed by atoms with Crippen LogP contribution in [0.4, 0.5) is 0 Å². The van der Waals surface area contributed by atoms with E-state index in [2.05, 4.69) is 19.0 Å². The lowest BCUT2D eigenvalue weighted by atomic mass is 10.0. The molecule has 28 heavy (non-hydrogen) atoms. The average Bonchev–Trinajstić information content (AvgIpc) is 2.70. The van der Waals surface area contributed by atoms with Gasteiger partial charge < -0.3 is 15.1 Å². The molecule has 2 N–H and O–H groups in total. The molecule has 0 aliphatic heterocycles. The number of ether oxygens (including phenoxy) is 1. The molecule has 0 unspecified atom stereocenters. The van der Waals surface area contributed by atoms with Gasteiger partial charge in [0.25, 0.3) is 0 Å².